The summed E-state index contributed by atoms with van der Waals surface area (Å²) in [7, 11) is 0.976. The zero-order valence-corrected chi connectivity index (χ0v) is 20.5. The fraction of sp³-hybridized carbons (Fsp3) is 0.913. The Labute approximate surface area is 180 Å². The third-order valence-corrected chi connectivity index (χ3v) is 6.81. The molecule has 5 nitrogen and oxygen atoms in total. The Bertz CT molecular complexity index is 470. The summed E-state index contributed by atoms with van der Waals surface area (Å²) in [4.78, 5) is 19.1. The molecule has 0 fully saturated rings. The van der Waals surface area contributed by atoms with Crippen molar-refractivity contribution in [3.63, 3.8) is 0 Å². The zero-order chi connectivity index (χ0) is 22.2. The van der Waals surface area contributed by atoms with Crippen LogP contribution in [0.15, 0.2) is 12.2 Å². The van der Waals surface area contributed by atoms with Crippen LogP contribution in [0.25, 0.3) is 0 Å². The van der Waals surface area contributed by atoms with Crippen LogP contribution in [-0.4, -0.2) is 52.4 Å². The van der Waals surface area contributed by atoms with Gasteiger partial charge in [0.2, 0.25) is 5.34 Å². The highest BCUT2D eigenvalue weighted by Gasteiger charge is 2.48. The summed E-state index contributed by atoms with van der Waals surface area (Å²) in [5.41, 5.74) is 0. The first-order valence-electron chi connectivity index (χ1n) is 11.8. The monoisotopic (exact) mass is 434 g/mol. The lowest BCUT2D eigenvalue weighted by molar-refractivity contribution is -0.875. The van der Waals surface area contributed by atoms with Gasteiger partial charge in [0, 0.05) is 0 Å². The van der Waals surface area contributed by atoms with E-state index >= 15 is 0 Å². The Morgan fingerprint density at radius 3 is 1.59 bits per heavy atom. The van der Waals surface area contributed by atoms with Crippen molar-refractivity contribution in [3.8, 4) is 0 Å². The molecule has 0 spiro atoms. The molecule has 1 unspecified atom stereocenters. The largest absolute Gasteiger partial charge is 0.373 e. The van der Waals surface area contributed by atoms with Crippen molar-refractivity contribution in [2.75, 3.05) is 27.7 Å². The van der Waals surface area contributed by atoms with Crippen molar-refractivity contribution < 1.29 is 23.9 Å². The molecule has 0 amide bonds. The van der Waals surface area contributed by atoms with Crippen LogP contribution in [0.5, 0.6) is 0 Å². The summed E-state index contributed by atoms with van der Waals surface area (Å²) in [5, 5.41) is 8.61. The van der Waals surface area contributed by atoms with E-state index in [0.717, 1.165) is 12.8 Å². The van der Waals surface area contributed by atoms with Gasteiger partial charge in [0.05, 0.1) is 21.1 Å². The van der Waals surface area contributed by atoms with E-state index in [-0.39, 0.29) is 13.0 Å². The number of allylic oxidation sites excluding steroid dienone is 2. The van der Waals surface area contributed by atoms with Gasteiger partial charge in [0.1, 0.15) is 6.54 Å². The zero-order valence-electron chi connectivity index (χ0n) is 19.6. The molecule has 0 saturated carbocycles. The summed E-state index contributed by atoms with van der Waals surface area (Å²) >= 11 is 0. The Balaban J connectivity index is 3.67. The number of nitrogens with zero attached hydrogens (tertiary/aromatic N) is 1. The van der Waals surface area contributed by atoms with Crippen molar-refractivity contribution in [3.05, 3.63) is 12.2 Å². The second-order valence-corrected chi connectivity index (χ2v) is 11.6. The van der Waals surface area contributed by atoms with Crippen LogP contribution in [0.4, 0.5) is 0 Å². The third kappa shape index (κ3) is 16.2. The minimum absolute atomic E-state index is 0.0613. The highest BCUT2D eigenvalue weighted by Crippen LogP contribution is 2.52. The second kappa shape index (κ2) is 15.6. The normalized spacial score (nSPS) is 15.1. The van der Waals surface area contributed by atoms with E-state index in [0.29, 0.717) is 10.9 Å². The number of rotatable bonds is 19. The average molecular weight is 435 g/mol. The van der Waals surface area contributed by atoms with Gasteiger partial charge in [-0.3, -0.25) is 4.57 Å². The van der Waals surface area contributed by atoms with Gasteiger partial charge in [-0.2, -0.15) is 0 Å². The molecule has 1 atom stereocenters. The van der Waals surface area contributed by atoms with Crippen LogP contribution < -0.4 is 0 Å². The van der Waals surface area contributed by atoms with Crippen LogP contribution >= 0.6 is 7.60 Å². The van der Waals surface area contributed by atoms with Gasteiger partial charge in [-0.25, -0.2) is 0 Å². The van der Waals surface area contributed by atoms with Crippen LogP contribution in [0.3, 0.4) is 0 Å². The predicted octanol–water partition coefficient (Wildman–Crippen LogP) is 5.99. The molecular formula is C23H49NO4P+. The van der Waals surface area contributed by atoms with Crippen LogP contribution in [-0.2, 0) is 4.57 Å². The van der Waals surface area contributed by atoms with Gasteiger partial charge < -0.3 is 19.4 Å². The van der Waals surface area contributed by atoms with Crippen molar-refractivity contribution in [2.45, 2.75) is 109 Å². The molecule has 0 radical (unpaired) electrons. The molecule has 0 aromatic heterocycles. The quantitative estimate of drug-likeness (QED) is 0.101. The SMILES string of the molecule is CCCC/C=C\CCCCCCCCCCCCC(O)(C[N+](C)(C)C)P(=O)(O)O. The Morgan fingerprint density at radius 2 is 1.17 bits per heavy atom. The van der Waals surface area contributed by atoms with E-state index in [9.17, 15) is 19.5 Å². The molecule has 0 bridgehead atoms. The summed E-state index contributed by atoms with van der Waals surface area (Å²) in [6.45, 7) is 2.29. The lowest BCUT2D eigenvalue weighted by Gasteiger charge is -2.35. The third-order valence-electron chi connectivity index (χ3n) is 5.36. The van der Waals surface area contributed by atoms with E-state index in [1.54, 1.807) is 0 Å². The molecule has 0 heterocycles. The average Bonchev–Trinajstić information content (AvgIpc) is 2.59. The summed E-state index contributed by atoms with van der Waals surface area (Å²) in [6.07, 6.45) is 21.4. The highest BCUT2D eigenvalue weighted by molar-refractivity contribution is 7.53. The summed E-state index contributed by atoms with van der Waals surface area (Å²) in [5.74, 6) is 0. The molecule has 0 aliphatic carbocycles. The van der Waals surface area contributed by atoms with Gasteiger partial charge in [0.25, 0.3) is 0 Å². The highest BCUT2D eigenvalue weighted by atomic mass is 31.2. The fourth-order valence-electron chi connectivity index (χ4n) is 3.72. The molecule has 174 valence electrons. The van der Waals surface area contributed by atoms with Crippen molar-refractivity contribution in [2.24, 2.45) is 0 Å². The maximum atomic E-state index is 11.8. The number of quaternary nitrogens is 1. The van der Waals surface area contributed by atoms with Crippen molar-refractivity contribution in [1.29, 1.82) is 0 Å². The molecule has 0 saturated heterocycles. The second-order valence-electron chi connectivity index (χ2n) is 9.66. The number of aliphatic hydroxyl groups is 1. The maximum absolute atomic E-state index is 11.8. The van der Waals surface area contributed by atoms with E-state index < -0.39 is 12.9 Å². The molecule has 0 aromatic carbocycles. The molecule has 0 aromatic rings. The van der Waals surface area contributed by atoms with Gasteiger partial charge in [-0.15, -0.1) is 0 Å². The molecule has 29 heavy (non-hydrogen) atoms. The standard InChI is InChI=1S/C23H48NO4P/c1-5-6-7-8-9-10-11-12-13-14-15-16-17-18-19-20-21-23(25,29(26,27)28)22-24(2,3)4/h8-9,25H,5-7,10-22H2,1-4H3,(H-,26,27,28)/p+1/b9-8-. The van der Waals surface area contributed by atoms with Crippen molar-refractivity contribution in [1.82, 2.24) is 0 Å². The fourth-order valence-corrected chi connectivity index (χ4v) is 4.78. The van der Waals surface area contributed by atoms with Crippen LogP contribution in [0.1, 0.15) is 103 Å². The Morgan fingerprint density at radius 1 is 0.759 bits per heavy atom. The molecular weight excluding hydrogens is 385 g/mol. The van der Waals surface area contributed by atoms with Crippen LogP contribution in [0, 0.1) is 0 Å². The number of hydrogen-bond acceptors (Lipinski definition) is 2. The maximum Gasteiger partial charge on any atom is 0.362 e. The lowest BCUT2D eigenvalue weighted by Crippen LogP contribution is -2.49. The summed E-state index contributed by atoms with van der Waals surface area (Å²) in [6, 6.07) is 0. The number of likely N-dealkylation sites (N-methyl/N-ethyl adjacent to an activating group) is 1. The first kappa shape index (κ1) is 28.8. The summed E-state index contributed by atoms with van der Waals surface area (Å²) < 4.78 is 12.1. The van der Waals surface area contributed by atoms with E-state index in [1.807, 2.05) is 21.1 Å². The minimum Gasteiger partial charge on any atom is -0.373 e. The molecule has 0 aliphatic heterocycles. The van der Waals surface area contributed by atoms with Gasteiger partial charge in [-0.1, -0.05) is 83.3 Å². The van der Waals surface area contributed by atoms with Crippen LogP contribution in [0.2, 0.25) is 0 Å². The van der Waals surface area contributed by atoms with Gasteiger partial charge in [0.15, 0.2) is 0 Å². The molecule has 0 aliphatic rings. The Kier molecular flexibility index (Phi) is 15.5. The molecule has 3 N–H and O–H groups in total. The topological polar surface area (TPSA) is 77.8 Å². The van der Waals surface area contributed by atoms with E-state index in [2.05, 4.69) is 19.1 Å². The molecule has 6 heteroatoms. The molecule has 0 rings (SSSR count). The smallest absolute Gasteiger partial charge is 0.362 e. The lowest BCUT2D eigenvalue weighted by atomic mass is 10.0. The van der Waals surface area contributed by atoms with E-state index in [1.165, 1.54) is 70.6 Å². The predicted molar refractivity (Wildman–Crippen MR) is 124 cm³/mol. The van der Waals surface area contributed by atoms with Gasteiger partial charge >= 0.3 is 7.60 Å². The first-order chi connectivity index (χ1) is 13.5. The van der Waals surface area contributed by atoms with E-state index in [4.69, 9.17) is 0 Å². The Hall–Kier alpha value is -0.190. The van der Waals surface area contributed by atoms with Crippen molar-refractivity contribution >= 4 is 7.60 Å². The number of unbranched alkanes of at least 4 members (excludes halogenated alkanes) is 12. The first-order valence-corrected chi connectivity index (χ1v) is 13.4. The minimum atomic E-state index is -4.54. The number of hydrogen-bond donors (Lipinski definition) is 3. The van der Waals surface area contributed by atoms with Gasteiger partial charge in [-0.05, 0) is 32.1 Å².